The van der Waals surface area contributed by atoms with Gasteiger partial charge < -0.3 is 17.0 Å². The van der Waals surface area contributed by atoms with Gasteiger partial charge in [0.1, 0.15) is 5.82 Å². The van der Waals surface area contributed by atoms with Gasteiger partial charge >= 0.3 is 35.5 Å². The van der Waals surface area contributed by atoms with E-state index in [1.54, 1.807) is 18.2 Å². The van der Waals surface area contributed by atoms with Crippen molar-refractivity contribution in [3.05, 3.63) is 93.8 Å². The maximum atomic E-state index is 13.6. The number of fused-ring (bicyclic) bond motifs is 1. The first kappa shape index (κ1) is 24.9. The van der Waals surface area contributed by atoms with Crippen molar-refractivity contribution in [2.24, 2.45) is 0 Å². The summed E-state index contributed by atoms with van der Waals surface area (Å²) in [7, 11) is 0. The second-order valence-electron chi connectivity index (χ2n) is 7.90. The Morgan fingerprint density at radius 3 is 2.50 bits per heavy atom. The molecule has 0 amide bonds. The third kappa shape index (κ3) is 5.79. The van der Waals surface area contributed by atoms with E-state index in [-0.39, 0.29) is 47.6 Å². The van der Waals surface area contributed by atoms with Gasteiger partial charge in [0, 0.05) is 12.6 Å². The molecule has 0 bridgehead atoms. The SMILES string of the molecule is O=C(O)c1ccc(-c2ccc3c(c2)C[C@@H](NC[C@@H](O)c2ccc(Cl)c(F)c2)CC3)cc1.[H-].[Na+]. The van der Waals surface area contributed by atoms with Crippen molar-refractivity contribution in [1.82, 2.24) is 5.32 Å². The molecule has 0 fully saturated rings. The number of carboxylic acid groups (broad SMARTS) is 1. The number of nitrogens with one attached hydrogen (secondary N) is 1. The van der Waals surface area contributed by atoms with E-state index in [1.807, 2.05) is 12.1 Å². The summed E-state index contributed by atoms with van der Waals surface area (Å²) in [6.07, 6.45) is 1.92. The van der Waals surface area contributed by atoms with E-state index in [4.69, 9.17) is 16.7 Å². The van der Waals surface area contributed by atoms with Gasteiger partial charge in [-0.3, -0.25) is 0 Å². The van der Waals surface area contributed by atoms with E-state index in [0.717, 1.165) is 30.4 Å². The summed E-state index contributed by atoms with van der Waals surface area (Å²) in [6.45, 7) is 0.331. The summed E-state index contributed by atoms with van der Waals surface area (Å²) in [5.74, 6) is -1.47. The maximum absolute atomic E-state index is 13.6. The molecule has 32 heavy (non-hydrogen) atoms. The summed E-state index contributed by atoms with van der Waals surface area (Å²) < 4.78 is 13.6. The monoisotopic (exact) mass is 463 g/mol. The Labute approximate surface area is 215 Å². The van der Waals surface area contributed by atoms with E-state index in [0.29, 0.717) is 12.1 Å². The fourth-order valence-corrected chi connectivity index (χ4v) is 4.15. The Morgan fingerprint density at radius 1 is 1.09 bits per heavy atom. The molecular formula is C25H24ClFNNaO3. The molecule has 1 aliphatic carbocycles. The molecule has 3 aromatic carbocycles. The molecule has 4 rings (SSSR count). The maximum Gasteiger partial charge on any atom is 1.00 e. The van der Waals surface area contributed by atoms with Gasteiger partial charge in [-0.25, -0.2) is 9.18 Å². The molecule has 1 aliphatic rings. The Kier molecular flexibility index (Phi) is 8.50. The first-order valence-electron chi connectivity index (χ1n) is 10.2. The van der Waals surface area contributed by atoms with Crippen molar-refractivity contribution in [1.29, 1.82) is 0 Å². The molecule has 162 valence electrons. The van der Waals surface area contributed by atoms with Gasteiger partial charge in [-0.1, -0.05) is 48.0 Å². The summed E-state index contributed by atoms with van der Waals surface area (Å²) in [5.41, 5.74) is 5.35. The van der Waals surface area contributed by atoms with E-state index in [1.165, 1.54) is 23.3 Å². The summed E-state index contributed by atoms with van der Waals surface area (Å²) in [6, 6.07) is 17.8. The number of benzene rings is 3. The van der Waals surface area contributed by atoms with Crippen LogP contribution in [0.5, 0.6) is 0 Å². The number of hydrogen-bond acceptors (Lipinski definition) is 3. The summed E-state index contributed by atoms with van der Waals surface area (Å²) >= 11 is 5.71. The Morgan fingerprint density at radius 2 is 1.81 bits per heavy atom. The second kappa shape index (κ2) is 10.9. The molecular weight excluding hydrogens is 440 g/mol. The predicted octanol–water partition coefficient (Wildman–Crippen LogP) is 2.14. The minimum absolute atomic E-state index is 0. The van der Waals surface area contributed by atoms with E-state index >= 15 is 0 Å². The standard InChI is InChI=1S/C25H23ClFNO3.Na.H/c26-22-10-8-19(13-23(22)27)24(29)14-28-21-9-7-16-3-6-18(11-20(16)12-21)15-1-4-17(5-2-15)25(30)31;;/h1-6,8,10-11,13,21,24,28-29H,7,9,12,14H2,(H,30,31);;/q;+1;-1/t21-,24+;;/m0../s1. The van der Waals surface area contributed by atoms with Crippen LogP contribution in [0.1, 0.15) is 41.0 Å². The number of aryl methyl sites for hydroxylation is 1. The van der Waals surface area contributed by atoms with Crippen LogP contribution in [0.25, 0.3) is 11.1 Å². The van der Waals surface area contributed by atoms with Crippen LogP contribution in [0.3, 0.4) is 0 Å². The molecule has 0 saturated carbocycles. The normalized spacial score (nSPS) is 16.0. The van der Waals surface area contributed by atoms with Gasteiger partial charge in [0.2, 0.25) is 0 Å². The van der Waals surface area contributed by atoms with Gasteiger partial charge in [0.25, 0.3) is 0 Å². The quantitative estimate of drug-likeness (QED) is 0.490. The van der Waals surface area contributed by atoms with Crippen LogP contribution < -0.4 is 34.9 Å². The van der Waals surface area contributed by atoms with Crippen LogP contribution >= 0.6 is 11.6 Å². The Hall–Kier alpha value is -1.73. The zero-order valence-corrected chi connectivity index (χ0v) is 20.6. The van der Waals surface area contributed by atoms with Crippen LogP contribution in [0.4, 0.5) is 4.39 Å². The smallest absolute Gasteiger partial charge is 1.00 e. The van der Waals surface area contributed by atoms with E-state index in [9.17, 15) is 14.3 Å². The second-order valence-corrected chi connectivity index (χ2v) is 8.31. The number of carbonyl (C=O) groups is 1. The van der Waals surface area contributed by atoms with Crippen molar-refractivity contribution in [2.75, 3.05) is 6.54 Å². The largest absolute Gasteiger partial charge is 1.00 e. The number of aromatic carboxylic acids is 1. The number of rotatable bonds is 6. The van der Waals surface area contributed by atoms with Crippen LogP contribution in [-0.4, -0.2) is 28.8 Å². The molecule has 0 heterocycles. The first-order chi connectivity index (χ1) is 14.9. The van der Waals surface area contributed by atoms with Gasteiger partial charge in [0.05, 0.1) is 16.7 Å². The van der Waals surface area contributed by atoms with Crippen molar-refractivity contribution in [3.8, 4) is 11.1 Å². The van der Waals surface area contributed by atoms with Crippen LogP contribution in [-0.2, 0) is 12.8 Å². The van der Waals surface area contributed by atoms with Gasteiger partial charge in [-0.05, 0) is 71.3 Å². The molecule has 0 unspecified atom stereocenters. The zero-order valence-electron chi connectivity index (χ0n) is 18.8. The summed E-state index contributed by atoms with van der Waals surface area (Å²) in [4.78, 5) is 11.1. The molecule has 0 aromatic heterocycles. The molecule has 3 N–H and O–H groups in total. The van der Waals surface area contributed by atoms with Crippen molar-refractivity contribution in [3.63, 3.8) is 0 Å². The van der Waals surface area contributed by atoms with Crippen LogP contribution in [0, 0.1) is 5.82 Å². The summed E-state index contributed by atoms with van der Waals surface area (Å²) in [5, 5.41) is 22.9. The number of halogens is 2. The van der Waals surface area contributed by atoms with Crippen LogP contribution in [0.15, 0.2) is 60.7 Å². The fraction of sp³-hybridized carbons (Fsp3) is 0.240. The Bertz CT molecular complexity index is 1110. The van der Waals surface area contributed by atoms with E-state index < -0.39 is 17.9 Å². The zero-order chi connectivity index (χ0) is 22.0. The predicted molar refractivity (Wildman–Crippen MR) is 120 cm³/mol. The average molecular weight is 464 g/mol. The minimum Gasteiger partial charge on any atom is -1.00 e. The topological polar surface area (TPSA) is 69.6 Å². The van der Waals surface area contributed by atoms with Gasteiger partial charge in [0.15, 0.2) is 0 Å². The number of carboxylic acids is 1. The van der Waals surface area contributed by atoms with Crippen molar-refractivity contribution in [2.45, 2.75) is 31.4 Å². The number of aliphatic hydroxyl groups excluding tert-OH is 1. The number of aliphatic hydroxyl groups is 1. The van der Waals surface area contributed by atoms with Gasteiger partial charge in [-0.2, -0.15) is 0 Å². The first-order valence-corrected chi connectivity index (χ1v) is 10.6. The molecule has 0 saturated heterocycles. The van der Waals surface area contributed by atoms with Crippen molar-refractivity contribution >= 4 is 17.6 Å². The van der Waals surface area contributed by atoms with Crippen LogP contribution in [0.2, 0.25) is 5.02 Å². The van der Waals surface area contributed by atoms with Gasteiger partial charge in [-0.15, -0.1) is 0 Å². The molecule has 0 spiro atoms. The molecule has 3 aromatic rings. The molecule has 4 nitrogen and oxygen atoms in total. The fourth-order valence-electron chi connectivity index (χ4n) is 4.03. The third-order valence-electron chi connectivity index (χ3n) is 5.83. The molecule has 7 heteroatoms. The molecule has 2 atom stereocenters. The molecule has 0 aliphatic heterocycles. The third-order valence-corrected chi connectivity index (χ3v) is 6.13. The van der Waals surface area contributed by atoms with E-state index in [2.05, 4.69) is 23.5 Å². The van der Waals surface area contributed by atoms with Crippen molar-refractivity contribution < 1.29 is 50.4 Å². The average Bonchev–Trinajstić information content (AvgIpc) is 2.78. The molecule has 0 radical (unpaired) electrons. The Balaban J connectivity index is 0.00000193. The number of hydrogen-bond donors (Lipinski definition) is 3. The minimum atomic E-state index is -0.936.